The topological polar surface area (TPSA) is 37.4 Å². The van der Waals surface area contributed by atoms with Crippen LogP contribution in [0.15, 0.2) is 18.2 Å². The standard InChI is InChI=1S/C14H18FNO2S/c15-14-5-1-3-11-6-7-16(10-13(11)14)9-12-4-2-8-19(12,17)18/h1,3,5,12H,2,4,6-10H2. The molecule has 1 saturated heterocycles. The summed E-state index contributed by atoms with van der Waals surface area (Å²) in [5.74, 6) is 0.146. The van der Waals surface area contributed by atoms with E-state index in [1.807, 2.05) is 6.07 Å². The van der Waals surface area contributed by atoms with Crippen molar-refractivity contribution in [1.29, 1.82) is 0 Å². The quantitative estimate of drug-likeness (QED) is 0.830. The van der Waals surface area contributed by atoms with E-state index in [-0.39, 0.29) is 11.1 Å². The number of hydrogen-bond donors (Lipinski definition) is 0. The molecule has 3 nitrogen and oxygen atoms in total. The summed E-state index contributed by atoms with van der Waals surface area (Å²) >= 11 is 0. The molecule has 0 aromatic heterocycles. The first-order valence-electron chi connectivity index (χ1n) is 6.76. The van der Waals surface area contributed by atoms with Crippen molar-refractivity contribution in [3.63, 3.8) is 0 Å². The Morgan fingerprint density at radius 2 is 2.21 bits per heavy atom. The van der Waals surface area contributed by atoms with Crippen molar-refractivity contribution in [3.8, 4) is 0 Å². The van der Waals surface area contributed by atoms with Crippen LogP contribution in [0.25, 0.3) is 0 Å². The molecule has 2 heterocycles. The zero-order valence-electron chi connectivity index (χ0n) is 10.8. The monoisotopic (exact) mass is 283 g/mol. The van der Waals surface area contributed by atoms with Gasteiger partial charge in [-0.3, -0.25) is 4.90 Å². The number of hydrogen-bond acceptors (Lipinski definition) is 3. The van der Waals surface area contributed by atoms with Crippen LogP contribution in [-0.2, 0) is 22.8 Å². The van der Waals surface area contributed by atoms with Gasteiger partial charge in [-0.15, -0.1) is 0 Å². The Morgan fingerprint density at radius 3 is 2.95 bits per heavy atom. The minimum Gasteiger partial charge on any atom is -0.297 e. The lowest BCUT2D eigenvalue weighted by Crippen LogP contribution is -2.38. The third kappa shape index (κ3) is 2.54. The number of nitrogens with zero attached hydrogens (tertiary/aromatic N) is 1. The fraction of sp³-hybridized carbons (Fsp3) is 0.571. The van der Waals surface area contributed by atoms with Gasteiger partial charge in [0, 0.05) is 25.2 Å². The lowest BCUT2D eigenvalue weighted by Gasteiger charge is -2.30. The maximum atomic E-state index is 13.8. The van der Waals surface area contributed by atoms with Crippen LogP contribution in [0.3, 0.4) is 0 Å². The van der Waals surface area contributed by atoms with Gasteiger partial charge in [0.1, 0.15) is 5.82 Å². The molecule has 1 aromatic carbocycles. The molecule has 0 radical (unpaired) electrons. The number of benzene rings is 1. The first kappa shape index (κ1) is 13.1. The SMILES string of the molecule is O=S1(=O)CCCC1CN1CCc2cccc(F)c2C1. The maximum absolute atomic E-state index is 13.8. The van der Waals surface area contributed by atoms with Crippen molar-refractivity contribution in [2.24, 2.45) is 0 Å². The molecule has 5 heteroatoms. The smallest absolute Gasteiger partial charge is 0.154 e. The number of sulfone groups is 1. The molecule has 19 heavy (non-hydrogen) atoms. The lowest BCUT2D eigenvalue weighted by atomic mass is 9.99. The summed E-state index contributed by atoms with van der Waals surface area (Å²) in [7, 11) is -2.91. The molecule has 0 spiro atoms. The molecule has 1 aromatic rings. The lowest BCUT2D eigenvalue weighted by molar-refractivity contribution is 0.247. The van der Waals surface area contributed by atoms with Crippen LogP contribution in [0.2, 0.25) is 0 Å². The van der Waals surface area contributed by atoms with Crippen LogP contribution >= 0.6 is 0 Å². The second-order valence-corrected chi connectivity index (χ2v) is 7.89. The molecule has 1 atom stereocenters. The van der Waals surface area contributed by atoms with Crippen LogP contribution in [-0.4, -0.2) is 37.4 Å². The summed E-state index contributed by atoms with van der Waals surface area (Å²) in [6, 6.07) is 5.18. The second-order valence-electron chi connectivity index (χ2n) is 5.49. The van der Waals surface area contributed by atoms with Crippen molar-refractivity contribution in [2.75, 3.05) is 18.8 Å². The number of halogens is 1. The molecule has 2 aliphatic rings. The Hall–Kier alpha value is -0.940. The van der Waals surface area contributed by atoms with Crippen LogP contribution in [0.5, 0.6) is 0 Å². The summed E-state index contributed by atoms with van der Waals surface area (Å²) in [4.78, 5) is 2.08. The van der Waals surface area contributed by atoms with Crippen molar-refractivity contribution in [3.05, 3.63) is 35.1 Å². The summed E-state index contributed by atoms with van der Waals surface area (Å²) in [5.41, 5.74) is 1.80. The fourth-order valence-electron chi connectivity index (χ4n) is 3.10. The maximum Gasteiger partial charge on any atom is 0.154 e. The second kappa shape index (κ2) is 4.87. The third-order valence-electron chi connectivity index (χ3n) is 4.22. The Bertz CT molecular complexity index is 585. The van der Waals surface area contributed by atoms with Crippen LogP contribution in [0.4, 0.5) is 4.39 Å². The van der Waals surface area contributed by atoms with Gasteiger partial charge in [-0.25, -0.2) is 12.8 Å². The normalized spacial score (nSPS) is 26.3. The van der Waals surface area contributed by atoms with Gasteiger partial charge < -0.3 is 0 Å². The van der Waals surface area contributed by atoms with Crippen LogP contribution < -0.4 is 0 Å². The van der Waals surface area contributed by atoms with Gasteiger partial charge in [0.2, 0.25) is 0 Å². The minimum atomic E-state index is -2.91. The Kier molecular flexibility index (Phi) is 3.35. The van der Waals surface area contributed by atoms with E-state index in [2.05, 4.69) is 4.90 Å². The highest BCUT2D eigenvalue weighted by atomic mass is 32.2. The molecule has 0 aliphatic carbocycles. The first-order valence-corrected chi connectivity index (χ1v) is 8.48. The van der Waals surface area contributed by atoms with E-state index in [0.717, 1.165) is 36.9 Å². The molecule has 1 unspecified atom stereocenters. The largest absolute Gasteiger partial charge is 0.297 e. The molecule has 0 N–H and O–H groups in total. The molecule has 0 amide bonds. The highest BCUT2D eigenvalue weighted by molar-refractivity contribution is 7.92. The molecule has 0 saturated carbocycles. The average molecular weight is 283 g/mol. The molecular formula is C14H18FNO2S. The van der Waals surface area contributed by atoms with E-state index in [9.17, 15) is 12.8 Å². The summed E-state index contributed by atoms with van der Waals surface area (Å²) < 4.78 is 37.5. The van der Waals surface area contributed by atoms with Gasteiger partial charge >= 0.3 is 0 Å². The van der Waals surface area contributed by atoms with Gasteiger partial charge in [0.15, 0.2) is 9.84 Å². The van der Waals surface area contributed by atoms with Gasteiger partial charge in [0.25, 0.3) is 0 Å². The predicted molar refractivity (Wildman–Crippen MR) is 72.2 cm³/mol. The molecule has 0 bridgehead atoms. The van der Waals surface area contributed by atoms with Crippen molar-refractivity contribution in [2.45, 2.75) is 31.1 Å². The first-order chi connectivity index (χ1) is 9.06. The van der Waals surface area contributed by atoms with Crippen molar-refractivity contribution >= 4 is 9.84 Å². The van der Waals surface area contributed by atoms with E-state index in [1.165, 1.54) is 6.07 Å². The summed E-state index contributed by atoms with van der Waals surface area (Å²) in [6.07, 6.45) is 2.33. The molecular weight excluding hydrogens is 265 g/mol. The Balaban J connectivity index is 1.74. The Morgan fingerprint density at radius 1 is 1.37 bits per heavy atom. The molecule has 2 aliphatic heterocycles. The predicted octanol–water partition coefficient (Wildman–Crippen LogP) is 1.76. The minimum absolute atomic E-state index is 0.170. The molecule has 1 fully saturated rings. The van der Waals surface area contributed by atoms with E-state index in [1.54, 1.807) is 6.07 Å². The number of rotatable bonds is 2. The number of fused-ring (bicyclic) bond motifs is 1. The van der Waals surface area contributed by atoms with Gasteiger partial charge in [0.05, 0.1) is 11.0 Å². The average Bonchev–Trinajstić information content (AvgIpc) is 2.70. The highest BCUT2D eigenvalue weighted by Gasteiger charge is 2.33. The van der Waals surface area contributed by atoms with Crippen molar-refractivity contribution in [1.82, 2.24) is 4.90 Å². The summed E-state index contributed by atoms with van der Waals surface area (Å²) in [6.45, 7) is 1.91. The van der Waals surface area contributed by atoms with Crippen LogP contribution in [0, 0.1) is 5.82 Å². The van der Waals surface area contributed by atoms with Crippen molar-refractivity contribution < 1.29 is 12.8 Å². The zero-order chi connectivity index (χ0) is 13.5. The Labute approximate surface area is 113 Å². The van der Waals surface area contributed by atoms with Gasteiger partial charge in [-0.05, 0) is 30.9 Å². The van der Waals surface area contributed by atoms with E-state index >= 15 is 0 Å². The van der Waals surface area contributed by atoms with Gasteiger partial charge in [-0.2, -0.15) is 0 Å². The van der Waals surface area contributed by atoms with E-state index < -0.39 is 9.84 Å². The highest BCUT2D eigenvalue weighted by Crippen LogP contribution is 2.25. The molecule has 3 rings (SSSR count). The van der Waals surface area contributed by atoms with Gasteiger partial charge in [-0.1, -0.05) is 12.1 Å². The van der Waals surface area contributed by atoms with E-state index in [4.69, 9.17) is 0 Å². The fourth-order valence-corrected chi connectivity index (χ4v) is 4.97. The van der Waals surface area contributed by atoms with Crippen LogP contribution in [0.1, 0.15) is 24.0 Å². The zero-order valence-corrected chi connectivity index (χ0v) is 11.6. The van der Waals surface area contributed by atoms with E-state index in [0.29, 0.717) is 18.8 Å². The summed E-state index contributed by atoms with van der Waals surface area (Å²) in [5, 5.41) is -0.249. The molecule has 104 valence electrons. The third-order valence-corrected chi connectivity index (χ3v) is 6.48.